The number of aromatic nitrogens is 1. The summed E-state index contributed by atoms with van der Waals surface area (Å²) in [6, 6.07) is 21.4. The van der Waals surface area contributed by atoms with Gasteiger partial charge in [-0.15, -0.1) is 11.8 Å². The topological polar surface area (TPSA) is 88.7 Å². The van der Waals surface area contributed by atoms with Crippen molar-refractivity contribution < 1.29 is 23.5 Å². The number of thioether (sulfide) groups is 1. The van der Waals surface area contributed by atoms with Crippen LogP contribution in [0.3, 0.4) is 0 Å². The predicted molar refractivity (Wildman–Crippen MR) is 161 cm³/mol. The molecule has 3 aromatic carbocycles. The molecule has 2 aliphatic carbocycles. The average molecular weight is 615 g/mol. The lowest BCUT2D eigenvalue weighted by atomic mass is 9.68. The van der Waals surface area contributed by atoms with E-state index in [-0.39, 0.29) is 45.6 Å². The van der Waals surface area contributed by atoms with Crippen molar-refractivity contribution in [1.29, 1.82) is 0 Å². The van der Waals surface area contributed by atoms with E-state index in [1.807, 2.05) is 48.5 Å². The number of carbonyl (C=O) groups excluding carboxylic acids is 2. The number of carbonyl (C=O) groups is 2. The molecule has 3 fully saturated rings. The predicted octanol–water partition coefficient (Wildman–Crippen LogP) is 5.84. The lowest BCUT2D eigenvalue weighted by molar-refractivity contribution is -0.123. The molecule has 0 spiro atoms. The third-order valence-corrected chi connectivity index (χ3v) is 12.2. The van der Waals surface area contributed by atoms with Crippen LogP contribution >= 0.6 is 23.1 Å². The molecule has 2 saturated carbocycles. The van der Waals surface area contributed by atoms with Crippen LogP contribution in [0.25, 0.3) is 0 Å². The Kier molecular flexibility index (Phi) is 6.27. The molecule has 7 atom stereocenters. The van der Waals surface area contributed by atoms with Crippen molar-refractivity contribution in [2.75, 3.05) is 12.0 Å². The third-order valence-electron chi connectivity index (χ3n) is 9.59. The minimum Gasteiger partial charge on any atom is -0.493 e. The molecule has 4 aliphatic rings. The molecule has 10 heteroatoms. The SMILES string of the molecule is COc1cc([C@@H]2c3sc(=O)[nH]c3S[C@@H]3[C@@H]4C[C@@H]([C@@H]5C(=O)N(c6ccc(F)cc6)C(=O)[C@@H]45)[C@@H]23)ccc1OCc1ccccc1. The summed E-state index contributed by atoms with van der Waals surface area (Å²) in [6.45, 7) is 0.401. The maximum Gasteiger partial charge on any atom is 0.305 e. The second kappa shape index (κ2) is 10.1. The first-order valence-electron chi connectivity index (χ1n) is 14.3. The maximum absolute atomic E-state index is 13.9. The zero-order valence-corrected chi connectivity index (χ0v) is 24.7. The van der Waals surface area contributed by atoms with Crippen molar-refractivity contribution >= 4 is 40.6 Å². The Hall–Kier alpha value is -3.89. The van der Waals surface area contributed by atoms with Gasteiger partial charge in [-0.05, 0) is 71.7 Å². The number of hydrogen-bond donors (Lipinski definition) is 1. The number of thiazole rings is 1. The highest BCUT2D eigenvalue weighted by Gasteiger charge is 2.69. The molecule has 1 N–H and O–H groups in total. The van der Waals surface area contributed by atoms with Gasteiger partial charge in [-0.3, -0.25) is 19.3 Å². The molecule has 4 aromatic rings. The number of halogens is 1. The maximum atomic E-state index is 13.9. The lowest BCUT2D eigenvalue weighted by Gasteiger charge is -2.43. The summed E-state index contributed by atoms with van der Waals surface area (Å²) in [4.78, 5) is 45.4. The number of fused-ring (bicyclic) bond motifs is 9. The van der Waals surface area contributed by atoms with E-state index in [1.54, 1.807) is 18.9 Å². The number of aromatic amines is 1. The van der Waals surface area contributed by atoms with E-state index in [4.69, 9.17) is 9.47 Å². The molecule has 0 radical (unpaired) electrons. The van der Waals surface area contributed by atoms with Crippen LogP contribution in [-0.4, -0.2) is 29.2 Å². The van der Waals surface area contributed by atoms with E-state index < -0.39 is 17.7 Å². The zero-order chi connectivity index (χ0) is 29.4. The third kappa shape index (κ3) is 4.10. The van der Waals surface area contributed by atoms with Gasteiger partial charge in [0.05, 0.1) is 29.7 Å². The van der Waals surface area contributed by atoms with Gasteiger partial charge in [0.1, 0.15) is 12.4 Å². The molecular weight excluding hydrogens is 588 g/mol. The van der Waals surface area contributed by atoms with Gasteiger partial charge in [0.2, 0.25) is 11.8 Å². The van der Waals surface area contributed by atoms with Crippen LogP contribution in [0, 0.1) is 35.4 Å². The number of anilines is 1. The normalized spacial score (nSPS) is 28.5. The quantitative estimate of drug-likeness (QED) is 0.275. The molecule has 2 bridgehead atoms. The second-order valence-electron chi connectivity index (χ2n) is 11.6. The summed E-state index contributed by atoms with van der Waals surface area (Å²) in [5.41, 5.74) is 2.45. The highest BCUT2D eigenvalue weighted by molar-refractivity contribution is 8.00. The number of ether oxygens (including phenoxy) is 2. The number of methoxy groups -OCH3 is 1. The number of imide groups is 1. The van der Waals surface area contributed by atoms with Gasteiger partial charge in [-0.25, -0.2) is 4.39 Å². The lowest BCUT2D eigenvalue weighted by Crippen LogP contribution is -2.42. The van der Waals surface area contributed by atoms with E-state index in [0.29, 0.717) is 23.8 Å². The van der Waals surface area contributed by atoms with Crippen LogP contribution in [-0.2, 0) is 16.2 Å². The van der Waals surface area contributed by atoms with Gasteiger partial charge < -0.3 is 14.5 Å². The number of benzene rings is 3. The van der Waals surface area contributed by atoms with Gasteiger partial charge in [-0.2, -0.15) is 0 Å². The molecule has 43 heavy (non-hydrogen) atoms. The number of hydrogen-bond acceptors (Lipinski definition) is 7. The number of nitrogens with one attached hydrogen (secondary N) is 1. The van der Waals surface area contributed by atoms with Gasteiger partial charge in [0.25, 0.3) is 0 Å². The van der Waals surface area contributed by atoms with Crippen LogP contribution in [0.15, 0.2) is 82.6 Å². The average Bonchev–Trinajstić information content (AvgIpc) is 3.76. The summed E-state index contributed by atoms with van der Waals surface area (Å²) in [5, 5.41) is 0.916. The fraction of sp³-hybridized carbons (Fsp3) is 0.303. The van der Waals surface area contributed by atoms with E-state index in [2.05, 4.69) is 4.98 Å². The standard InChI is InChI=1S/C33H27FN2O5S2/c1-40-23-13-17(7-12-22(23)41-15-16-5-3-2-4-6-16)24-25-20-14-21(28(25)42-30-29(24)43-33(39)35-30)27-26(20)31(37)36(32(27)38)19-10-8-18(34)9-11-19/h2-13,20-21,24-28H,14-15H2,1H3,(H,35,39)/t20-,21-,24+,25+,26+,27+,28-/m1/s1. The molecular formula is C33H27FN2O5S2. The summed E-state index contributed by atoms with van der Waals surface area (Å²) in [6.07, 6.45) is 0.789. The van der Waals surface area contributed by atoms with Crippen LogP contribution in [0.5, 0.6) is 11.5 Å². The summed E-state index contributed by atoms with van der Waals surface area (Å²) < 4.78 is 25.5. The molecule has 3 heterocycles. The highest BCUT2D eigenvalue weighted by atomic mass is 32.2. The first-order valence-corrected chi connectivity index (χ1v) is 16.0. The van der Waals surface area contributed by atoms with Crippen molar-refractivity contribution in [2.24, 2.45) is 29.6 Å². The van der Waals surface area contributed by atoms with Crippen molar-refractivity contribution in [3.63, 3.8) is 0 Å². The van der Waals surface area contributed by atoms with Crippen LogP contribution in [0.4, 0.5) is 10.1 Å². The minimum atomic E-state index is -0.431. The van der Waals surface area contributed by atoms with Gasteiger partial charge in [0, 0.05) is 16.0 Å². The summed E-state index contributed by atoms with van der Waals surface area (Å²) in [5.74, 6) is -0.537. The second-order valence-corrected chi connectivity index (χ2v) is 13.8. The summed E-state index contributed by atoms with van der Waals surface area (Å²) >= 11 is 2.87. The Morgan fingerprint density at radius 1 is 0.930 bits per heavy atom. The van der Waals surface area contributed by atoms with Gasteiger partial charge in [0.15, 0.2) is 11.5 Å². The molecule has 218 valence electrons. The van der Waals surface area contributed by atoms with Crippen LogP contribution < -0.4 is 19.2 Å². The molecule has 2 amide bonds. The molecule has 8 rings (SSSR count). The Balaban J connectivity index is 1.16. The zero-order valence-electron chi connectivity index (χ0n) is 23.1. The van der Waals surface area contributed by atoms with Crippen molar-refractivity contribution in [2.45, 2.75) is 29.2 Å². The Morgan fingerprint density at radius 3 is 2.42 bits per heavy atom. The van der Waals surface area contributed by atoms with E-state index in [9.17, 15) is 18.8 Å². The van der Waals surface area contributed by atoms with E-state index >= 15 is 0 Å². The van der Waals surface area contributed by atoms with Gasteiger partial charge in [-0.1, -0.05) is 47.7 Å². The van der Waals surface area contributed by atoms with Gasteiger partial charge >= 0.3 is 4.87 Å². The molecule has 1 saturated heterocycles. The van der Waals surface area contributed by atoms with Crippen molar-refractivity contribution in [3.8, 4) is 11.5 Å². The molecule has 2 aliphatic heterocycles. The number of H-pyrrole nitrogens is 1. The molecule has 1 aromatic heterocycles. The molecule has 0 unspecified atom stereocenters. The van der Waals surface area contributed by atoms with Crippen molar-refractivity contribution in [1.82, 2.24) is 4.98 Å². The smallest absolute Gasteiger partial charge is 0.305 e. The Bertz CT molecular complexity index is 1810. The van der Waals surface area contributed by atoms with Crippen LogP contribution in [0.2, 0.25) is 0 Å². The van der Waals surface area contributed by atoms with E-state index in [0.717, 1.165) is 27.5 Å². The minimum absolute atomic E-state index is 0.00123. The van der Waals surface area contributed by atoms with Crippen molar-refractivity contribution in [3.05, 3.63) is 104 Å². The monoisotopic (exact) mass is 614 g/mol. The fourth-order valence-electron chi connectivity index (χ4n) is 7.97. The largest absolute Gasteiger partial charge is 0.493 e. The number of nitrogens with zero attached hydrogens (tertiary/aromatic N) is 1. The fourth-order valence-corrected chi connectivity index (χ4v) is 10.9. The van der Waals surface area contributed by atoms with Crippen LogP contribution in [0.1, 0.15) is 28.3 Å². The highest BCUT2D eigenvalue weighted by Crippen LogP contribution is 2.68. The Labute approximate surface area is 255 Å². The number of rotatable bonds is 6. The first-order chi connectivity index (χ1) is 20.9. The Morgan fingerprint density at radius 2 is 1.67 bits per heavy atom. The summed E-state index contributed by atoms with van der Waals surface area (Å²) in [7, 11) is 1.61. The van der Waals surface area contributed by atoms with E-state index in [1.165, 1.54) is 40.5 Å². The first kappa shape index (κ1) is 26.7. The number of amides is 2. The molecule has 7 nitrogen and oxygen atoms in total.